The fourth-order valence-corrected chi connectivity index (χ4v) is 5.53. The molecule has 2 aliphatic rings. The molecule has 1 aliphatic heterocycles. The summed E-state index contributed by atoms with van der Waals surface area (Å²) >= 11 is 0. The first-order chi connectivity index (χ1) is 16.4. The number of aliphatic hydroxyl groups is 1. The van der Waals surface area contributed by atoms with E-state index in [1.54, 1.807) is 23.4 Å². The summed E-state index contributed by atoms with van der Waals surface area (Å²) in [5.41, 5.74) is 5.27. The Morgan fingerprint density at radius 1 is 1.06 bits per heavy atom. The number of hydrogen-bond donors (Lipinski definition) is 2. The van der Waals surface area contributed by atoms with Crippen molar-refractivity contribution in [1.82, 2.24) is 19.4 Å². The minimum absolute atomic E-state index is 0.109. The highest BCUT2D eigenvalue weighted by molar-refractivity contribution is 6.09. The Balaban J connectivity index is 1.46. The fourth-order valence-electron chi connectivity index (χ4n) is 5.53. The number of aromatic nitrogens is 4. The van der Waals surface area contributed by atoms with Crippen molar-refractivity contribution >= 4 is 28.3 Å². The lowest BCUT2D eigenvalue weighted by molar-refractivity contribution is 0.0988. The third kappa shape index (κ3) is 3.24. The quantitative estimate of drug-likeness (QED) is 0.480. The molecule has 6 rings (SSSR count). The zero-order valence-electron chi connectivity index (χ0n) is 19.3. The number of fused-ring (bicyclic) bond motifs is 4. The molecule has 2 N–H and O–H groups in total. The smallest absolute Gasteiger partial charge is 0.274 e. The van der Waals surface area contributed by atoms with Crippen molar-refractivity contribution in [2.24, 2.45) is 0 Å². The van der Waals surface area contributed by atoms with Gasteiger partial charge in [-0.2, -0.15) is 0 Å². The van der Waals surface area contributed by atoms with Crippen LogP contribution in [0, 0.1) is 13.8 Å². The van der Waals surface area contributed by atoms with Gasteiger partial charge in [-0.15, -0.1) is 0 Å². The van der Waals surface area contributed by atoms with E-state index in [-0.39, 0.29) is 23.5 Å². The molecule has 0 radical (unpaired) electrons. The molecule has 0 unspecified atom stereocenters. The summed E-state index contributed by atoms with van der Waals surface area (Å²) in [6.45, 7) is 4.52. The Morgan fingerprint density at radius 3 is 2.65 bits per heavy atom. The molecule has 1 aromatic carbocycles. The van der Waals surface area contributed by atoms with Crippen LogP contribution in [0.25, 0.3) is 16.6 Å². The molecule has 8 heteroatoms. The van der Waals surface area contributed by atoms with Gasteiger partial charge in [0, 0.05) is 24.2 Å². The zero-order valence-corrected chi connectivity index (χ0v) is 19.3. The highest BCUT2D eigenvalue weighted by Gasteiger charge is 2.29. The van der Waals surface area contributed by atoms with Crippen molar-refractivity contribution in [3.8, 4) is 0 Å². The van der Waals surface area contributed by atoms with Gasteiger partial charge >= 0.3 is 0 Å². The van der Waals surface area contributed by atoms with Gasteiger partial charge in [0.1, 0.15) is 17.2 Å². The average molecular weight is 458 g/mol. The molecule has 1 aliphatic carbocycles. The highest BCUT2D eigenvalue weighted by Crippen LogP contribution is 2.34. The van der Waals surface area contributed by atoms with Gasteiger partial charge in [0.15, 0.2) is 0 Å². The summed E-state index contributed by atoms with van der Waals surface area (Å²) in [4.78, 5) is 40.3. The van der Waals surface area contributed by atoms with E-state index in [0.717, 1.165) is 66.0 Å². The number of aromatic amines is 1. The Morgan fingerprint density at radius 2 is 1.85 bits per heavy atom. The van der Waals surface area contributed by atoms with Crippen LogP contribution in [-0.4, -0.2) is 43.0 Å². The second-order valence-electron chi connectivity index (χ2n) is 9.68. The zero-order chi connectivity index (χ0) is 23.6. The molecule has 8 nitrogen and oxygen atoms in total. The van der Waals surface area contributed by atoms with Crippen molar-refractivity contribution in [2.75, 3.05) is 11.4 Å². The minimum Gasteiger partial charge on any atom is -0.393 e. The topological polar surface area (TPSA) is 104 Å². The molecule has 0 spiro atoms. The molecule has 1 amide bonds. The van der Waals surface area contributed by atoms with Crippen LogP contribution in [0.2, 0.25) is 0 Å². The van der Waals surface area contributed by atoms with Crippen LogP contribution >= 0.6 is 0 Å². The molecule has 4 heterocycles. The summed E-state index contributed by atoms with van der Waals surface area (Å²) in [5, 5.41) is 9.91. The molecule has 4 aromatic rings. The molecule has 3 aromatic heterocycles. The highest BCUT2D eigenvalue weighted by atomic mass is 16.3. The number of rotatable bonds is 2. The molecule has 1 saturated carbocycles. The van der Waals surface area contributed by atoms with Crippen molar-refractivity contribution in [1.29, 1.82) is 0 Å². The Hall–Kier alpha value is -3.52. The number of nitrogens with zero attached hydrogens (tertiary/aromatic N) is 4. The number of carbonyl (C=O) groups excluding carboxylic acids is 1. The third-order valence-electron chi connectivity index (χ3n) is 7.33. The lowest BCUT2D eigenvalue weighted by Crippen LogP contribution is -2.30. The largest absolute Gasteiger partial charge is 0.393 e. The molecule has 1 fully saturated rings. The van der Waals surface area contributed by atoms with Gasteiger partial charge in [-0.05, 0) is 74.8 Å². The number of aryl methyl sites for hydroxylation is 2. The monoisotopic (exact) mass is 457 g/mol. The van der Waals surface area contributed by atoms with Crippen LogP contribution in [0.5, 0.6) is 0 Å². The standard InChI is InChI=1S/C26H27N5O3/c1-14-9-17-7-8-30(23(17)27-12-14)26(34)19-11-20-21(10-15(19)2)31-22(25(33)29-20)13-28-24(31)16-3-5-18(32)6-4-16/h9-13,16,18,32H,3-8H2,1-2H3,(H,29,33). The number of nitrogens with one attached hydrogen (secondary N) is 1. The van der Waals surface area contributed by atoms with E-state index >= 15 is 0 Å². The number of H-pyrrole nitrogens is 1. The molecule has 0 bridgehead atoms. The maximum Gasteiger partial charge on any atom is 0.274 e. The van der Waals surface area contributed by atoms with E-state index in [4.69, 9.17) is 0 Å². The second kappa shape index (κ2) is 7.77. The van der Waals surface area contributed by atoms with Gasteiger partial charge in [0.25, 0.3) is 11.5 Å². The summed E-state index contributed by atoms with van der Waals surface area (Å²) < 4.78 is 1.94. The first-order valence-electron chi connectivity index (χ1n) is 11.9. The maximum absolute atomic E-state index is 13.6. The van der Waals surface area contributed by atoms with Gasteiger partial charge in [-0.3, -0.25) is 18.9 Å². The molecular weight excluding hydrogens is 430 g/mol. The van der Waals surface area contributed by atoms with Gasteiger partial charge in [-0.25, -0.2) is 9.97 Å². The van der Waals surface area contributed by atoms with Crippen molar-refractivity contribution in [3.05, 3.63) is 69.0 Å². The predicted molar refractivity (Wildman–Crippen MR) is 130 cm³/mol. The number of benzene rings is 1. The SMILES string of the molecule is Cc1cnc2c(c1)CCN2C(=O)c1cc2[nH]c(=O)c3cnc(C4CCC(O)CC4)n3c2cc1C. The van der Waals surface area contributed by atoms with Crippen LogP contribution in [0.1, 0.15) is 64.5 Å². The van der Waals surface area contributed by atoms with Crippen LogP contribution in [0.15, 0.2) is 35.4 Å². The normalized spacial score (nSPS) is 20.3. The summed E-state index contributed by atoms with van der Waals surface area (Å²) in [6.07, 6.45) is 7.10. The predicted octanol–water partition coefficient (Wildman–Crippen LogP) is 3.41. The van der Waals surface area contributed by atoms with E-state index in [1.165, 1.54) is 0 Å². The van der Waals surface area contributed by atoms with Crippen molar-refractivity contribution in [2.45, 2.75) is 58.0 Å². The van der Waals surface area contributed by atoms with E-state index in [0.29, 0.717) is 23.1 Å². The molecule has 174 valence electrons. The molecular formula is C26H27N5O3. The van der Waals surface area contributed by atoms with E-state index in [2.05, 4.69) is 21.0 Å². The first kappa shape index (κ1) is 21.0. The first-order valence-corrected chi connectivity index (χ1v) is 11.9. The lowest BCUT2D eigenvalue weighted by atomic mass is 9.87. The van der Waals surface area contributed by atoms with E-state index in [1.807, 2.05) is 24.3 Å². The number of imidazole rings is 1. The Labute approximate surface area is 196 Å². The van der Waals surface area contributed by atoms with Crippen LogP contribution < -0.4 is 10.5 Å². The second-order valence-corrected chi connectivity index (χ2v) is 9.68. The molecule has 0 atom stereocenters. The van der Waals surface area contributed by atoms with Crippen LogP contribution in [-0.2, 0) is 6.42 Å². The summed E-state index contributed by atoms with van der Waals surface area (Å²) in [6, 6.07) is 5.84. The number of amides is 1. The summed E-state index contributed by atoms with van der Waals surface area (Å²) in [7, 11) is 0. The van der Waals surface area contributed by atoms with E-state index < -0.39 is 0 Å². The Bertz CT molecular complexity index is 1510. The van der Waals surface area contributed by atoms with Gasteiger partial charge in [0.05, 0.1) is 23.3 Å². The van der Waals surface area contributed by atoms with E-state index in [9.17, 15) is 14.7 Å². The van der Waals surface area contributed by atoms with Gasteiger partial charge in [-0.1, -0.05) is 6.07 Å². The van der Waals surface area contributed by atoms with Gasteiger partial charge < -0.3 is 10.1 Å². The number of carbonyl (C=O) groups is 1. The van der Waals surface area contributed by atoms with Crippen molar-refractivity contribution in [3.63, 3.8) is 0 Å². The molecule has 0 saturated heterocycles. The van der Waals surface area contributed by atoms with Gasteiger partial charge in [0.2, 0.25) is 0 Å². The fraction of sp³-hybridized carbons (Fsp3) is 0.385. The third-order valence-corrected chi connectivity index (χ3v) is 7.33. The molecule has 34 heavy (non-hydrogen) atoms. The van der Waals surface area contributed by atoms with Crippen LogP contribution in [0.3, 0.4) is 0 Å². The Kier molecular flexibility index (Phi) is 4.81. The average Bonchev–Trinajstić information content (AvgIpc) is 3.44. The summed E-state index contributed by atoms with van der Waals surface area (Å²) in [5.74, 6) is 1.65. The number of anilines is 1. The van der Waals surface area contributed by atoms with Crippen LogP contribution in [0.4, 0.5) is 5.82 Å². The van der Waals surface area contributed by atoms with Crippen molar-refractivity contribution < 1.29 is 9.90 Å². The maximum atomic E-state index is 13.6. The number of pyridine rings is 1. The number of hydrogen-bond acceptors (Lipinski definition) is 5. The number of aliphatic hydroxyl groups excluding tert-OH is 1. The lowest BCUT2D eigenvalue weighted by Gasteiger charge is -2.25. The minimum atomic E-state index is -0.257.